The molecule has 15 atom stereocenters. The molecule has 0 saturated carbocycles. The zero-order valence-corrected chi connectivity index (χ0v) is 59.2. The number of ether oxygens (including phenoxy) is 5. The van der Waals surface area contributed by atoms with Crippen LogP contribution in [0.15, 0.2) is 76.2 Å². The van der Waals surface area contributed by atoms with Gasteiger partial charge in [-0.25, -0.2) is 19.9 Å². The van der Waals surface area contributed by atoms with Crippen LogP contribution >= 0.6 is 47.3 Å². The Bertz CT molecular complexity index is 4450. The Morgan fingerprint density at radius 2 is 0.878 bits per heavy atom. The van der Waals surface area contributed by atoms with E-state index in [1.54, 1.807) is 35.6 Å². The number of aromatic nitrogens is 15. The number of thioether (sulfide) groups is 2. The molecule has 5 fully saturated rings. The molecule has 0 amide bonds. The number of anilines is 5. The van der Waals surface area contributed by atoms with Crippen molar-refractivity contribution in [2.45, 2.75) is 177 Å². The quantitative estimate of drug-likeness (QED) is 0.0311. The number of aliphatic hydroxyl groups excluding tert-OH is 4. The van der Waals surface area contributed by atoms with Crippen molar-refractivity contribution in [3.63, 3.8) is 0 Å². The predicted molar refractivity (Wildman–Crippen MR) is 380 cm³/mol. The number of nitrogen functional groups attached to an aromatic ring is 5. The van der Waals surface area contributed by atoms with Gasteiger partial charge in [-0.3, -0.25) is 9.36 Å². The maximum Gasteiger partial charge on any atom is 0.264 e. The summed E-state index contributed by atoms with van der Waals surface area (Å²) in [7, 11) is 1.55. The van der Waals surface area contributed by atoms with Crippen LogP contribution in [-0.4, -0.2) is 161 Å². The fourth-order valence-electron chi connectivity index (χ4n) is 13.5. The van der Waals surface area contributed by atoms with E-state index in [9.17, 15) is 15.0 Å². The number of nitrogens with two attached hydrogens (primary N) is 5. The number of nitrogens with one attached hydrogen (secondary N) is 1. The average molecular weight is 1430 g/mol. The molecule has 0 aliphatic carbocycles. The summed E-state index contributed by atoms with van der Waals surface area (Å²) in [5.41, 5.74) is 32.0. The number of hydrogen-bond acceptors (Lipinski definition) is 26. The number of aliphatic hydroxyl groups is 4. The van der Waals surface area contributed by atoms with E-state index in [1.807, 2.05) is 70.7 Å². The Labute approximate surface area is 582 Å². The lowest BCUT2D eigenvalue weighted by atomic mass is 10.0. The highest BCUT2D eigenvalue weighted by Gasteiger charge is 2.39. The van der Waals surface area contributed by atoms with Gasteiger partial charge in [-0.1, -0.05) is 65.4 Å². The van der Waals surface area contributed by atoms with Crippen molar-refractivity contribution in [3.05, 3.63) is 81.5 Å². The van der Waals surface area contributed by atoms with Crippen molar-refractivity contribution in [1.29, 1.82) is 0 Å². The minimum atomic E-state index is -0.744. The number of aromatic amines is 1. The lowest BCUT2D eigenvalue weighted by molar-refractivity contribution is -0.0430. The summed E-state index contributed by atoms with van der Waals surface area (Å²) in [6.07, 6.45) is 17.9. The second-order valence-electron chi connectivity index (χ2n) is 25.1. The number of halogens is 1. The van der Waals surface area contributed by atoms with Gasteiger partial charge in [0, 0.05) is 50.9 Å². The molecule has 5 aliphatic heterocycles. The molecule has 0 aromatic carbocycles. The van der Waals surface area contributed by atoms with E-state index < -0.39 is 30.6 Å². The van der Waals surface area contributed by atoms with Gasteiger partial charge in [0.15, 0.2) is 11.6 Å². The SMILES string of the molecule is CCC1OC(n2ccc3c(=S)nc(N)[nH]c32)CC1C.CCC1OC(n2ccc3c(Cl)nc(N)nc32)CC1C.CCC1OC(n2ccc3c(SC)nc(N)nc32)CC1C.CSc1nc(N)nc2c1ccn2C1CC(O)C(CO)O1.Cn1c(N)nc2c(ccn2C2CC(O)C(CO)O2)c1=O. The molecule has 98 heavy (non-hydrogen) atoms. The summed E-state index contributed by atoms with van der Waals surface area (Å²) < 4.78 is 41.0. The Morgan fingerprint density at radius 1 is 0.520 bits per heavy atom. The van der Waals surface area contributed by atoms with Crippen LogP contribution in [0.25, 0.3) is 55.2 Å². The fraction of sp³-hybridized carbons (Fsp3) is 0.531. The molecular formula is C64H87ClN20O10S3. The van der Waals surface area contributed by atoms with E-state index in [-0.39, 0.29) is 61.5 Å². The van der Waals surface area contributed by atoms with Crippen molar-refractivity contribution >= 4 is 132 Å². The summed E-state index contributed by atoms with van der Waals surface area (Å²) in [6, 6.07) is 9.47. The molecule has 5 aliphatic rings. The molecule has 34 heteroatoms. The van der Waals surface area contributed by atoms with E-state index in [0.717, 1.165) is 87.1 Å². The van der Waals surface area contributed by atoms with Crippen LogP contribution < -0.4 is 34.2 Å². The molecule has 0 radical (unpaired) electrons. The summed E-state index contributed by atoms with van der Waals surface area (Å²) >= 11 is 14.4. The van der Waals surface area contributed by atoms with Crippen LogP contribution in [0.5, 0.6) is 0 Å². The van der Waals surface area contributed by atoms with Crippen molar-refractivity contribution in [3.8, 4) is 0 Å². The summed E-state index contributed by atoms with van der Waals surface area (Å²) in [5, 5.41) is 44.1. The maximum absolute atomic E-state index is 12.1. The lowest BCUT2D eigenvalue weighted by Crippen LogP contribution is -2.24. The molecule has 15 unspecified atom stereocenters. The Balaban J connectivity index is 0.000000124. The van der Waals surface area contributed by atoms with Gasteiger partial charge in [0.25, 0.3) is 5.56 Å². The van der Waals surface area contributed by atoms with Gasteiger partial charge in [0.1, 0.15) is 85.8 Å². The van der Waals surface area contributed by atoms with Gasteiger partial charge in [-0.2, -0.15) is 19.9 Å². The topological polar surface area (TPSA) is 423 Å². The molecule has 0 bridgehead atoms. The highest BCUT2D eigenvalue weighted by atomic mass is 35.5. The maximum atomic E-state index is 12.1. The summed E-state index contributed by atoms with van der Waals surface area (Å²) in [4.78, 5) is 48.8. The van der Waals surface area contributed by atoms with Gasteiger partial charge >= 0.3 is 0 Å². The second kappa shape index (κ2) is 30.7. The molecule has 15 heterocycles. The monoisotopic (exact) mass is 1430 g/mol. The molecule has 15 rings (SSSR count). The molecule has 10 aromatic heterocycles. The van der Waals surface area contributed by atoms with E-state index in [0.29, 0.717) is 87.3 Å². The van der Waals surface area contributed by atoms with Crippen LogP contribution in [0.4, 0.5) is 29.7 Å². The number of H-pyrrole nitrogens is 1. The first-order chi connectivity index (χ1) is 47.0. The van der Waals surface area contributed by atoms with Crippen LogP contribution in [0.2, 0.25) is 5.15 Å². The molecule has 15 N–H and O–H groups in total. The second-order valence-corrected chi connectivity index (χ2v) is 27.5. The van der Waals surface area contributed by atoms with E-state index in [1.165, 1.54) is 16.3 Å². The number of hydrogen-bond donors (Lipinski definition) is 10. The van der Waals surface area contributed by atoms with E-state index in [4.69, 9.17) is 86.4 Å². The summed E-state index contributed by atoms with van der Waals surface area (Å²) in [5.74, 6) is 2.85. The summed E-state index contributed by atoms with van der Waals surface area (Å²) in [6.45, 7) is 12.7. The third-order valence-electron chi connectivity index (χ3n) is 18.8. The first kappa shape index (κ1) is 72.0. The standard InChI is InChI=1S/C14H20N4OS.C13H17ClN4O.C13H18N4OS.C12H16N4O4.C12H16N4O3S/c1-4-10-8(2)7-11(19-10)18-6-5-9-12(18)16-14(15)17-13(9)20-3;1-3-9-7(2)6-10(19-9)18-5-4-8-11(14)16-13(15)17-12(8)18;1-3-9-7(2)6-10(18-9)17-5-4-8-11(17)15-13(14)16-12(8)19;1-15-11(19)6-2-3-16(10(6)14-12(15)13)9-4-7(18)8(5-17)20-9;1-20-11-6-2-3-16(10(6)14-12(13)15-11)9-4-7(18)8(5-17)19-9/h5-6,8,10-11H,4,7H2,1-3H3,(H2,15,16,17);4-5,7,9-10H,3,6H2,1-2H3,(H2,15,16,17);4-5,7,9-10H,3,6H2,1-2H3,(H3,14,15,16,19);2-3,7-9,17-18H,4-5H2,1H3,(H2,13,14);2-3,7-9,17-18H,4-5H2,1H3,(H2,13,14,15). The number of nitrogens with zero attached hydrogens (tertiary/aromatic N) is 14. The highest BCUT2D eigenvalue weighted by molar-refractivity contribution is 7.99. The zero-order valence-electron chi connectivity index (χ0n) is 56.0. The van der Waals surface area contributed by atoms with Crippen molar-refractivity contribution in [1.82, 2.24) is 72.3 Å². The third-order valence-corrected chi connectivity index (χ3v) is 20.8. The molecule has 30 nitrogen and oxygen atoms in total. The Kier molecular flexibility index (Phi) is 22.6. The first-order valence-electron chi connectivity index (χ1n) is 32.7. The largest absolute Gasteiger partial charge is 0.394 e. The van der Waals surface area contributed by atoms with E-state index in [2.05, 4.69) is 95.5 Å². The minimum Gasteiger partial charge on any atom is -0.394 e. The smallest absolute Gasteiger partial charge is 0.264 e. The van der Waals surface area contributed by atoms with Gasteiger partial charge in [0.05, 0.1) is 70.7 Å². The van der Waals surface area contributed by atoms with Crippen LogP contribution in [-0.2, 0) is 30.7 Å². The molecule has 0 spiro atoms. The van der Waals surface area contributed by atoms with Crippen LogP contribution in [0.1, 0.15) is 124 Å². The molecule has 10 aromatic rings. The lowest BCUT2D eigenvalue weighted by Gasteiger charge is -2.15. The third kappa shape index (κ3) is 14.7. The van der Waals surface area contributed by atoms with Gasteiger partial charge in [-0.15, -0.1) is 23.5 Å². The van der Waals surface area contributed by atoms with Crippen molar-refractivity contribution < 1.29 is 44.1 Å². The number of fused-ring (bicyclic) bond motifs is 5. The van der Waals surface area contributed by atoms with Crippen LogP contribution in [0.3, 0.4) is 0 Å². The molecular weight excluding hydrogens is 1340 g/mol. The van der Waals surface area contributed by atoms with E-state index >= 15 is 0 Å². The zero-order chi connectivity index (χ0) is 70.1. The number of rotatable bonds is 12. The van der Waals surface area contributed by atoms with Gasteiger partial charge in [-0.05, 0) is 99.1 Å². The van der Waals surface area contributed by atoms with Gasteiger partial charge < -0.3 is 101 Å². The molecule has 528 valence electrons. The first-order valence-corrected chi connectivity index (χ1v) is 35.9. The van der Waals surface area contributed by atoms with Crippen LogP contribution in [0, 0.1) is 22.4 Å². The predicted octanol–water partition coefficient (Wildman–Crippen LogP) is 8.41. The minimum absolute atomic E-state index is 0.00261. The van der Waals surface area contributed by atoms with Gasteiger partial charge in [0.2, 0.25) is 23.8 Å². The Morgan fingerprint density at radius 3 is 1.29 bits per heavy atom. The normalized spacial score (nSPS) is 26.7. The molecule has 5 saturated heterocycles. The van der Waals surface area contributed by atoms with Crippen molar-refractivity contribution in [2.75, 3.05) is 54.4 Å². The highest BCUT2D eigenvalue weighted by Crippen LogP contribution is 2.41. The Hall–Kier alpha value is -7.25. The van der Waals surface area contributed by atoms with Crippen molar-refractivity contribution in [2.24, 2.45) is 24.8 Å². The average Bonchev–Trinajstić information content (AvgIpc) is 1.64. The fourth-order valence-corrected chi connectivity index (χ4v) is 15.1.